The Hall–Kier alpha value is -1.18. The van der Waals surface area contributed by atoms with Gasteiger partial charge in [-0.1, -0.05) is 38.7 Å². The zero-order valence-electron chi connectivity index (χ0n) is 10.8. The molecule has 0 heterocycles. The Morgan fingerprint density at radius 3 is 2.53 bits per heavy atom. The van der Waals surface area contributed by atoms with Gasteiger partial charge < -0.3 is 0 Å². The Kier molecular flexibility index (Phi) is 5.88. The SMILES string of the molecule is CCCCCCCC(=O)c1ccc(C)cc1F. The van der Waals surface area contributed by atoms with E-state index in [1.54, 1.807) is 12.1 Å². The van der Waals surface area contributed by atoms with E-state index in [2.05, 4.69) is 6.92 Å². The topological polar surface area (TPSA) is 17.1 Å². The lowest BCUT2D eigenvalue weighted by Gasteiger charge is -2.03. The minimum Gasteiger partial charge on any atom is -0.294 e. The van der Waals surface area contributed by atoms with Crippen molar-refractivity contribution >= 4 is 5.78 Å². The fourth-order valence-corrected chi connectivity index (χ4v) is 1.87. The summed E-state index contributed by atoms with van der Waals surface area (Å²) in [4.78, 5) is 11.8. The quantitative estimate of drug-likeness (QED) is 0.496. The first-order chi connectivity index (χ1) is 8.15. The number of unbranched alkanes of at least 4 members (excludes halogenated alkanes) is 4. The Balaban J connectivity index is 2.42. The first-order valence-electron chi connectivity index (χ1n) is 6.44. The normalized spacial score (nSPS) is 10.5. The summed E-state index contributed by atoms with van der Waals surface area (Å²) in [6, 6.07) is 4.80. The molecule has 94 valence electrons. The molecule has 0 N–H and O–H groups in total. The van der Waals surface area contributed by atoms with E-state index < -0.39 is 0 Å². The summed E-state index contributed by atoms with van der Waals surface area (Å²) in [7, 11) is 0. The minimum absolute atomic E-state index is 0.0704. The molecule has 0 saturated heterocycles. The van der Waals surface area contributed by atoms with Crippen LogP contribution in [0.25, 0.3) is 0 Å². The summed E-state index contributed by atoms with van der Waals surface area (Å²) in [6.45, 7) is 3.98. The number of hydrogen-bond donors (Lipinski definition) is 0. The summed E-state index contributed by atoms with van der Waals surface area (Å²) >= 11 is 0. The van der Waals surface area contributed by atoms with Crippen LogP contribution in [0.3, 0.4) is 0 Å². The van der Waals surface area contributed by atoms with Crippen LogP contribution in [-0.2, 0) is 0 Å². The molecule has 0 aliphatic rings. The summed E-state index contributed by atoms with van der Waals surface area (Å²) in [5.41, 5.74) is 1.09. The number of benzene rings is 1. The van der Waals surface area contributed by atoms with Gasteiger partial charge in [-0.25, -0.2) is 4.39 Å². The van der Waals surface area contributed by atoms with Gasteiger partial charge in [0.1, 0.15) is 5.82 Å². The van der Waals surface area contributed by atoms with Gasteiger partial charge in [0.15, 0.2) is 5.78 Å². The minimum atomic E-state index is -0.386. The van der Waals surface area contributed by atoms with Crippen LogP contribution in [0, 0.1) is 12.7 Å². The highest BCUT2D eigenvalue weighted by Crippen LogP contribution is 2.14. The molecular weight excluding hydrogens is 215 g/mol. The predicted molar refractivity (Wildman–Crippen MR) is 68.8 cm³/mol. The molecule has 0 atom stereocenters. The summed E-state index contributed by atoms with van der Waals surface area (Å²) in [5.74, 6) is -0.456. The average Bonchev–Trinajstić information content (AvgIpc) is 2.28. The van der Waals surface area contributed by atoms with E-state index in [4.69, 9.17) is 0 Å². The Labute approximate surface area is 103 Å². The molecule has 0 spiro atoms. The van der Waals surface area contributed by atoms with Gasteiger partial charge in [-0.05, 0) is 31.0 Å². The predicted octanol–water partition coefficient (Wildman–Crippen LogP) is 4.68. The number of aryl methyl sites for hydroxylation is 1. The van der Waals surface area contributed by atoms with Crippen LogP contribution >= 0.6 is 0 Å². The zero-order chi connectivity index (χ0) is 12.7. The molecule has 17 heavy (non-hydrogen) atoms. The van der Waals surface area contributed by atoms with Crippen LogP contribution in [0.5, 0.6) is 0 Å². The van der Waals surface area contributed by atoms with Crippen LogP contribution in [0.1, 0.15) is 61.4 Å². The number of Topliss-reactive ketones (excluding diaryl/α,β-unsaturated/α-hetero) is 1. The molecular formula is C15H21FO. The summed E-state index contributed by atoms with van der Waals surface area (Å²) in [6.07, 6.45) is 5.97. The number of carbonyl (C=O) groups is 1. The van der Waals surface area contributed by atoms with Crippen LogP contribution < -0.4 is 0 Å². The van der Waals surface area contributed by atoms with Gasteiger partial charge in [-0.2, -0.15) is 0 Å². The Morgan fingerprint density at radius 1 is 1.18 bits per heavy atom. The van der Waals surface area contributed by atoms with Crippen LogP contribution in [0.2, 0.25) is 0 Å². The smallest absolute Gasteiger partial charge is 0.165 e. The molecule has 0 saturated carbocycles. The number of hydrogen-bond acceptors (Lipinski definition) is 1. The average molecular weight is 236 g/mol. The maximum atomic E-state index is 13.5. The largest absolute Gasteiger partial charge is 0.294 e. The lowest BCUT2D eigenvalue weighted by Crippen LogP contribution is -2.02. The third-order valence-electron chi connectivity index (χ3n) is 2.93. The lowest BCUT2D eigenvalue weighted by molar-refractivity contribution is 0.0975. The van der Waals surface area contributed by atoms with Gasteiger partial charge in [-0.15, -0.1) is 0 Å². The highest BCUT2D eigenvalue weighted by molar-refractivity contribution is 5.96. The Bertz CT molecular complexity index is 371. The molecule has 1 aromatic rings. The van der Waals surface area contributed by atoms with Gasteiger partial charge in [0.2, 0.25) is 0 Å². The molecule has 1 aromatic carbocycles. The van der Waals surface area contributed by atoms with Crippen molar-refractivity contribution in [1.29, 1.82) is 0 Å². The van der Waals surface area contributed by atoms with Crippen molar-refractivity contribution in [2.75, 3.05) is 0 Å². The molecule has 0 radical (unpaired) electrons. The Morgan fingerprint density at radius 2 is 1.88 bits per heavy atom. The lowest BCUT2D eigenvalue weighted by atomic mass is 10.0. The van der Waals surface area contributed by atoms with Crippen molar-refractivity contribution in [2.45, 2.75) is 52.4 Å². The second-order valence-electron chi connectivity index (χ2n) is 4.57. The molecule has 0 aliphatic carbocycles. The van der Waals surface area contributed by atoms with E-state index in [1.807, 2.05) is 6.92 Å². The summed E-state index contributed by atoms with van der Waals surface area (Å²) < 4.78 is 13.5. The molecule has 0 unspecified atom stereocenters. The van der Waals surface area contributed by atoms with Gasteiger partial charge in [0, 0.05) is 6.42 Å². The third-order valence-corrected chi connectivity index (χ3v) is 2.93. The molecule has 0 aliphatic heterocycles. The van der Waals surface area contributed by atoms with Crippen LogP contribution in [0.15, 0.2) is 18.2 Å². The van der Waals surface area contributed by atoms with E-state index >= 15 is 0 Å². The maximum absolute atomic E-state index is 13.5. The third kappa shape index (κ3) is 4.68. The monoisotopic (exact) mass is 236 g/mol. The van der Waals surface area contributed by atoms with Crippen molar-refractivity contribution in [3.63, 3.8) is 0 Å². The van der Waals surface area contributed by atoms with E-state index in [-0.39, 0.29) is 17.2 Å². The maximum Gasteiger partial charge on any atom is 0.165 e. The standard InChI is InChI=1S/C15H21FO/c1-3-4-5-6-7-8-15(17)13-10-9-12(2)11-14(13)16/h9-11H,3-8H2,1-2H3. The van der Waals surface area contributed by atoms with Crippen molar-refractivity contribution in [3.8, 4) is 0 Å². The second kappa shape index (κ2) is 7.21. The molecule has 1 nitrogen and oxygen atoms in total. The number of carbonyl (C=O) groups excluding carboxylic acids is 1. The van der Waals surface area contributed by atoms with E-state index in [0.29, 0.717) is 6.42 Å². The van der Waals surface area contributed by atoms with Crippen molar-refractivity contribution in [1.82, 2.24) is 0 Å². The molecule has 0 bridgehead atoms. The van der Waals surface area contributed by atoms with E-state index in [0.717, 1.165) is 18.4 Å². The second-order valence-corrected chi connectivity index (χ2v) is 4.57. The van der Waals surface area contributed by atoms with Gasteiger partial charge >= 0.3 is 0 Å². The molecule has 2 heteroatoms. The van der Waals surface area contributed by atoms with E-state index in [1.165, 1.54) is 25.3 Å². The van der Waals surface area contributed by atoms with Gasteiger partial charge in [-0.3, -0.25) is 4.79 Å². The first kappa shape index (κ1) is 13.9. The molecule has 0 amide bonds. The van der Waals surface area contributed by atoms with Crippen molar-refractivity contribution in [2.24, 2.45) is 0 Å². The fraction of sp³-hybridized carbons (Fsp3) is 0.533. The van der Waals surface area contributed by atoms with Crippen LogP contribution in [0.4, 0.5) is 4.39 Å². The number of ketones is 1. The number of halogens is 1. The fourth-order valence-electron chi connectivity index (χ4n) is 1.87. The van der Waals surface area contributed by atoms with Crippen molar-refractivity contribution in [3.05, 3.63) is 35.1 Å². The molecule has 1 rings (SSSR count). The van der Waals surface area contributed by atoms with E-state index in [9.17, 15) is 9.18 Å². The van der Waals surface area contributed by atoms with Gasteiger partial charge in [0.05, 0.1) is 5.56 Å². The van der Waals surface area contributed by atoms with Gasteiger partial charge in [0.25, 0.3) is 0 Å². The number of rotatable bonds is 7. The molecule has 0 aromatic heterocycles. The molecule has 0 fully saturated rings. The van der Waals surface area contributed by atoms with Crippen molar-refractivity contribution < 1.29 is 9.18 Å². The summed E-state index contributed by atoms with van der Waals surface area (Å²) in [5, 5.41) is 0. The highest BCUT2D eigenvalue weighted by atomic mass is 19.1. The highest BCUT2D eigenvalue weighted by Gasteiger charge is 2.10. The zero-order valence-corrected chi connectivity index (χ0v) is 10.8. The van der Waals surface area contributed by atoms with Crippen LogP contribution in [-0.4, -0.2) is 5.78 Å². The first-order valence-corrected chi connectivity index (χ1v) is 6.44.